The lowest BCUT2D eigenvalue weighted by molar-refractivity contribution is -0.132. The number of carbonyl (C=O) groups is 1. The van der Waals surface area contributed by atoms with Crippen molar-refractivity contribution < 1.29 is 14.3 Å². The van der Waals surface area contributed by atoms with Gasteiger partial charge in [0.1, 0.15) is 23.2 Å². The molecule has 3 unspecified atom stereocenters. The Balaban J connectivity index is 1.81. The van der Waals surface area contributed by atoms with Crippen LogP contribution in [0.25, 0.3) is 6.08 Å². The monoisotopic (exact) mass is 420 g/mol. The van der Waals surface area contributed by atoms with Crippen molar-refractivity contribution in [1.82, 2.24) is 4.57 Å². The molecule has 3 heterocycles. The van der Waals surface area contributed by atoms with Crippen LogP contribution in [0.3, 0.4) is 0 Å². The largest absolute Gasteiger partial charge is 0.496 e. The number of nitrogens with zero attached hydrogens (tertiary/aromatic N) is 2. The van der Waals surface area contributed by atoms with Gasteiger partial charge in [-0.25, -0.2) is 4.99 Å². The Morgan fingerprint density at radius 1 is 1.23 bits per heavy atom. The summed E-state index contributed by atoms with van der Waals surface area (Å²) in [6, 6.07) is 14.6. The van der Waals surface area contributed by atoms with Gasteiger partial charge in [-0.3, -0.25) is 14.2 Å². The average molecular weight is 420 g/mol. The number of para-hydroxylation sites is 2. The fourth-order valence-corrected chi connectivity index (χ4v) is 5.57. The summed E-state index contributed by atoms with van der Waals surface area (Å²) in [5, 5.41) is 0. The van der Waals surface area contributed by atoms with E-state index in [2.05, 4.69) is 0 Å². The first-order valence-electron chi connectivity index (χ1n) is 9.67. The molecular weight excluding hydrogens is 400 g/mol. The Morgan fingerprint density at radius 3 is 2.73 bits per heavy atom. The van der Waals surface area contributed by atoms with E-state index in [1.807, 2.05) is 61.5 Å². The standard InChI is InChI=1S/C23H20N2O4S/c1-13(26)19-20-15-9-5-7-11-17(15)29-23(19,2)24-22-25(20)21(27)18(30-22)12-14-8-4-6-10-16(14)28-3/h4-12,19-20H,1-3H3/b18-12-. The quantitative estimate of drug-likeness (QED) is 0.652. The van der Waals surface area contributed by atoms with Crippen LogP contribution in [0.2, 0.25) is 0 Å². The molecule has 0 saturated heterocycles. The summed E-state index contributed by atoms with van der Waals surface area (Å²) in [7, 11) is 1.60. The van der Waals surface area contributed by atoms with E-state index in [9.17, 15) is 9.59 Å². The molecule has 0 N–H and O–H groups in total. The molecule has 2 bridgehead atoms. The first-order valence-corrected chi connectivity index (χ1v) is 10.5. The molecule has 2 aromatic carbocycles. The number of ketones is 1. The van der Waals surface area contributed by atoms with Gasteiger partial charge in [0, 0.05) is 11.1 Å². The van der Waals surface area contributed by atoms with Crippen LogP contribution in [0.5, 0.6) is 11.5 Å². The normalized spacial score (nSPS) is 24.3. The maximum atomic E-state index is 13.5. The van der Waals surface area contributed by atoms with Gasteiger partial charge in [0.05, 0.1) is 17.7 Å². The second kappa shape index (κ2) is 6.67. The molecule has 30 heavy (non-hydrogen) atoms. The number of hydrogen-bond donors (Lipinski definition) is 0. The molecule has 3 atom stereocenters. The molecule has 2 aliphatic heterocycles. The van der Waals surface area contributed by atoms with Crippen molar-refractivity contribution in [3.8, 4) is 11.5 Å². The Kier molecular flexibility index (Phi) is 4.18. The van der Waals surface area contributed by atoms with Crippen LogP contribution in [-0.2, 0) is 4.79 Å². The van der Waals surface area contributed by atoms with Crippen LogP contribution in [0.15, 0.2) is 58.3 Å². The van der Waals surface area contributed by atoms with Crippen LogP contribution in [-0.4, -0.2) is 23.2 Å². The summed E-state index contributed by atoms with van der Waals surface area (Å²) in [5.74, 6) is 0.711. The van der Waals surface area contributed by atoms with E-state index >= 15 is 0 Å². The molecule has 1 aromatic heterocycles. The van der Waals surface area contributed by atoms with Crippen molar-refractivity contribution in [2.75, 3.05) is 7.11 Å². The van der Waals surface area contributed by atoms with Crippen molar-refractivity contribution in [3.63, 3.8) is 0 Å². The molecule has 0 amide bonds. The predicted octanol–water partition coefficient (Wildman–Crippen LogP) is 2.28. The summed E-state index contributed by atoms with van der Waals surface area (Å²) in [6.07, 6.45) is 1.81. The highest BCUT2D eigenvalue weighted by atomic mass is 32.1. The molecule has 5 rings (SSSR count). The number of carbonyl (C=O) groups excluding carboxylic acids is 1. The highest BCUT2D eigenvalue weighted by Gasteiger charge is 2.53. The molecule has 0 aliphatic carbocycles. The van der Waals surface area contributed by atoms with Crippen LogP contribution in [0.1, 0.15) is 31.0 Å². The van der Waals surface area contributed by atoms with Gasteiger partial charge < -0.3 is 9.47 Å². The molecular formula is C23H20N2O4S. The molecule has 0 saturated carbocycles. The number of benzene rings is 2. The van der Waals surface area contributed by atoms with E-state index in [0.717, 1.165) is 11.1 Å². The molecule has 0 radical (unpaired) electrons. The summed E-state index contributed by atoms with van der Waals surface area (Å²) < 4.78 is 13.8. The Bertz CT molecular complexity index is 1360. The van der Waals surface area contributed by atoms with E-state index in [0.29, 0.717) is 20.8 Å². The van der Waals surface area contributed by atoms with Gasteiger partial charge in [-0.15, -0.1) is 0 Å². The van der Waals surface area contributed by atoms with Crippen LogP contribution in [0.4, 0.5) is 0 Å². The summed E-state index contributed by atoms with van der Waals surface area (Å²) >= 11 is 1.30. The number of aromatic nitrogens is 1. The first kappa shape index (κ1) is 18.8. The zero-order valence-electron chi connectivity index (χ0n) is 16.8. The van der Waals surface area contributed by atoms with Gasteiger partial charge in [-0.2, -0.15) is 0 Å². The summed E-state index contributed by atoms with van der Waals surface area (Å²) in [5.41, 5.74) is 0.420. The molecule has 6 nitrogen and oxygen atoms in total. The van der Waals surface area contributed by atoms with Crippen LogP contribution in [0, 0.1) is 5.92 Å². The molecule has 2 aliphatic rings. The fraction of sp³-hybridized carbons (Fsp3) is 0.261. The molecule has 3 aromatic rings. The third kappa shape index (κ3) is 2.65. The van der Waals surface area contributed by atoms with Gasteiger partial charge in [0.2, 0.25) is 5.72 Å². The van der Waals surface area contributed by atoms with E-state index < -0.39 is 17.7 Å². The first-order chi connectivity index (χ1) is 14.4. The van der Waals surface area contributed by atoms with E-state index in [1.54, 1.807) is 11.7 Å². The number of rotatable bonds is 3. The third-order valence-corrected chi connectivity index (χ3v) is 6.73. The molecule has 0 fully saturated rings. The predicted molar refractivity (Wildman–Crippen MR) is 114 cm³/mol. The van der Waals surface area contributed by atoms with Crippen molar-refractivity contribution in [3.05, 3.63) is 79.3 Å². The van der Waals surface area contributed by atoms with E-state index in [-0.39, 0.29) is 11.3 Å². The Morgan fingerprint density at radius 2 is 1.97 bits per heavy atom. The maximum absolute atomic E-state index is 13.5. The SMILES string of the molecule is COc1ccccc1/C=c1\sc2n(c1=O)C1c3ccccc3OC(C)(N=2)C1C(C)=O. The topological polar surface area (TPSA) is 69.9 Å². The zero-order chi connectivity index (χ0) is 21.0. The minimum atomic E-state index is -1.05. The number of ether oxygens (including phenoxy) is 2. The van der Waals surface area contributed by atoms with Crippen molar-refractivity contribution in [1.29, 1.82) is 0 Å². The third-order valence-electron chi connectivity index (χ3n) is 5.74. The molecule has 7 heteroatoms. The smallest absolute Gasteiger partial charge is 0.270 e. The minimum absolute atomic E-state index is 0.0558. The van der Waals surface area contributed by atoms with E-state index in [1.165, 1.54) is 18.3 Å². The fourth-order valence-electron chi connectivity index (χ4n) is 4.48. The number of fused-ring (bicyclic) bond motifs is 6. The van der Waals surface area contributed by atoms with Crippen molar-refractivity contribution in [2.45, 2.75) is 25.6 Å². The maximum Gasteiger partial charge on any atom is 0.270 e. The highest BCUT2D eigenvalue weighted by molar-refractivity contribution is 7.07. The second-order valence-electron chi connectivity index (χ2n) is 7.65. The summed E-state index contributed by atoms with van der Waals surface area (Å²) in [4.78, 5) is 31.5. The summed E-state index contributed by atoms with van der Waals surface area (Å²) in [6.45, 7) is 3.35. The van der Waals surface area contributed by atoms with Crippen LogP contribution < -0.4 is 24.4 Å². The number of thiazole rings is 1. The lowest BCUT2D eigenvalue weighted by Gasteiger charge is -2.45. The zero-order valence-corrected chi connectivity index (χ0v) is 17.6. The van der Waals surface area contributed by atoms with Crippen LogP contribution >= 0.6 is 11.3 Å². The van der Waals surface area contributed by atoms with E-state index in [4.69, 9.17) is 14.5 Å². The van der Waals surface area contributed by atoms with Gasteiger partial charge in [-0.05, 0) is 32.1 Å². The number of hydrogen-bond acceptors (Lipinski definition) is 6. The van der Waals surface area contributed by atoms with Gasteiger partial charge in [0.15, 0.2) is 4.80 Å². The van der Waals surface area contributed by atoms with Crippen molar-refractivity contribution >= 4 is 23.2 Å². The van der Waals surface area contributed by atoms with Gasteiger partial charge in [-0.1, -0.05) is 47.7 Å². The van der Waals surface area contributed by atoms with Gasteiger partial charge >= 0.3 is 0 Å². The lowest BCUT2D eigenvalue weighted by atomic mass is 9.79. The average Bonchev–Trinajstić information content (AvgIpc) is 3.01. The highest BCUT2D eigenvalue weighted by Crippen LogP contribution is 2.47. The number of Topliss-reactive ketones (excluding diaryl/α,β-unsaturated/α-hetero) is 1. The van der Waals surface area contributed by atoms with Gasteiger partial charge in [0.25, 0.3) is 5.56 Å². The number of methoxy groups -OCH3 is 1. The lowest BCUT2D eigenvalue weighted by Crippen LogP contribution is -2.58. The minimum Gasteiger partial charge on any atom is -0.496 e. The second-order valence-corrected chi connectivity index (χ2v) is 8.66. The Labute approximate surface area is 176 Å². The molecule has 0 spiro atoms. The Hall–Kier alpha value is -3.19. The molecule has 152 valence electrons. The van der Waals surface area contributed by atoms with Crippen molar-refractivity contribution in [2.24, 2.45) is 10.9 Å².